The number of amides is 1. The van der Waals surface area contributed by atoms with Gasteiger partial charge >= 0.3 is 0 Å². The van der Waals surface area contributed by atoms with Gasteiger partial charge in [-0.05, 0) is 43.0 Å². The molecule has 1 amide bonds. The predicted molar refractivity (Wildman–Crippen MR) is 83.8 cm³/mol. The van der Waals surface area contributed by atoms with Crippen molar-refractivity contribution in [3.63, 3.8) is 0 Å². The van der Waals surface area contributed by atoms with Crippen LogP contribution in [0.1, 0.15) is 50.7 Å². The van der Waals surface area contributed by atoms with Crippen LogP contribution in [-0.2, 0) is 17.8 Å². The summed E-state index contributed by atoms with van der Waals surface area (Å²) in [6, 6.07) is 6.24. The third-order valence-electron chi connectivity index (χ3n) is 4.05. The average molecular weight is 274 g/mol. The van der Waals surface area contributed by atoms with Crippen LogP contribution in [-0.4, -0.2) is 12.5 Å². The van der Waals surface area contributed by atoms with Crippen molar-refractivity contribution in [2.24, 2.45) is 5.92 Å². The molecule has 0 fully saturated rings. The molecule has 0 radical (unpaired) electrons. The number of hydrogen-bond donors (Lipinski definition) is 2. The van der Waals surface area contributed by atoms with Crippen LogP contribution in [0.2, 0.25) is 0 Å². The van der Waals surface area contributed by atoms with Gasteiger partial charge in [-0.25, -0.2) is 0 Å². The van der Waals surface area contributed by atoms with Crippen LogP contribution in [0.25, 0.3) is 0 Å². The number of rotatable bonds is 6. The number of nitrogens with one attached hydrogen (secondary N) is 2. The Kier molecular flexibility index (Phi) is 5.60. The highest BCUT2D eigenvalue weighted by Crippen LogP contribution is 2.24. The Morgan fingerprint density at radius 2 is 2.05 bits per heavy atom. The molecule has 2 rings (SSSR count). The van der Waals surface area contributed by atoms with E-state index >= 15 is 0 Å². The van der Waals surface area contributed by atoms with Crippen molar-refractivity contribution in [3.8, 4) is 0 Å². The van der Waals surface area contributed by atoms with E-state index in [0.29, 0.717) is 0 Å². The van der Waals surface area contributed by atoms with Crippen molar-refractivity contribution in [1.82, 2.24) is 5.32 Å². The van der Waals surface area contributed by atoms with Crippen molar-refractivity contribution in [3.05, 3.63) is 29.3 Å². The first kappa shape index (κ1) is 15.0. The smallest absolute Gasteiger partial charge is 0.227 e. The highest BCUT2D eigenvalue weighted by atomic mass is 16.1. The summed E-state index contributed by atoms with van der Waals surface area (Å²) in [5.74, 6) is 0.338. The van der Waals surface area contributed by atoms with E-state index in [1.807, 2.05) is 6.07 Å². The number of fused-ring (bicyclic) bond motifs is 1. The van der Waals surface area contributed by atoms with Gasteiger partial charge in [0.25, 0.3) is 0 Å². The summed E-state index contributed by atoms with van der Waals surface area (Å²) in [5.41, 5.74) is 3.62. The van der Waals surface area contributed by atoms with Gasteiger partial charge in [-0.3, -0.25) is 4.79 Å². The Hall–Kier alpha value is -1.35. The molecule has 0 unspecified atom stereocenters. The molecule has 110 valence electrons. The highest BCUT2D eigenvalue weighted by Gasteiger charge is 2.19. The second-order valence-corrected chi connectivity index (χ2v) is 5.63. The summed E-state index contributed by atoms with van der Waals surface area (Å²) in [4.78, 5) is 12.4. The number of hydrogen-bond acceptors (Lipinski definition) is 2. The van der Waals surface area contributed by atoms with Crippen LogP contribution in [0.3, 0.4) is 0 Å². The maximum Gasteiger partial charge on any atom is 0.227 e. The second-order valence-electron chi connectivity index (χ2n) is 5.63. The summed E-state index contributed by atoms with van der Waals surface area (Å²) < 4.78 is 0. The van der Waals surface area contributed by atoms with Crippen LogP contribution in [0.4, 0.5) is 5.69 Å². The molecule has 20 heavy (non-hydrogen) atoms. The van der Waals surface area contributed by atoms with Gasteiger partial charge < -0.3 is 10.6 Å². The average Bonchev–Trinajstić information content (AvgIpc) is 2.47. The highest BCUT2D eigenvalue weighted by molar-refractivity contribution is 5.93. The van der Waals surface area contributed by atoms with Crippen molar-refractivity contribution >= 4 is 11.6 Å². The predicted octanol–water partition coefficient (Wildman–Crippen LogP) is 3.49. The Morgan fingerprint density at radius 1 is 1.30 bits per heavy atom. The lowest BCUT2D eigenvalue weighted by molar-refractivity contribution is -0.120. The molecule has 2 N–H and O–H groups in total. The normalized spacial score (nSPS) is 14.2. The molecule has 0 saturated heterocycles. The van der Waals surface area contributed by atoms with Crippen molar-refractivity contribution in [1.29, 1.82) is 0 Å². The van der Waals surface area contributed by atoms with Gasteiger partial charge in [0.2, 0.25) is 5.91 Å². The largest absolute Gasteiger partial charge is 0.326 e. The van der Waals surface area contributed by atoms with Crippen molar-refractivity contribution < 1.29 is 4.79 Å². The molecule has 0 aliphatic carbocycles. The zero-order chi connectivity index (χ0) is 14.4. The van der Waals surface area contributed by atoms with Crippen molar-refractivity contribution in [2.75, 3.05) is 11.9 Å². The van der Waals surface area contributed by atoms with Crippen molar-refractivity contribution in [2.45, 2.75) is 52.5 Å². The molecule has 1 aromatic carbocycles. The van der Waals surface area contributed by atoms with E-state index < -0.39 is 0 Å². The molecule has 1 aliphatic heterocycles. The van der Waals surface area contributed by atoms with Crippen LogP contribution >= 0.6 is 0 Å². The zero-order valence-electron chi connectivity index (χ0n) is 12.7. The maximum atomic E-state index is 12.4. The Bertz CT molecular complexity index is 450. The van der Waals surface area contributed by atoms with E-state index in [0.717, 1.165) is 50.9 Å². The molecule has 3 nitrogen and oxygen atoms in total. The van der Waals surface area contributed by atoms with E-state index in [2.05, 4.69) is 36.6 Å². The van der Waals surface area contributed by atoms with Gasteiger partial charge in [0.05, 0.1) is 0 Å². The molecular formula is C17H26N2O. The van der Waals surface area contributed by atoms with E-state index in [1.54, 1.807) is 0 Å². The fourth-order valence-electron chi connectivity index (χ4n) is 2.97. The first-order valence-corrected chi connectivity index (χ1v) is 7.88. The molecule has 0 saturated carbocycles. The molecule has 0 aromatic heterocycles. The molecule has 0 bridgehead atoms. The Morgan fingerprint density at radius 3 is 2.75 bits per heavy atom. The number of carbonyl (C=O) groups excluding carboxylic acids is 1. The van der Waals surface area contributed by atoms with Gasteiger partial charge in [0, 0.05) is 18.2 Å². The first-order valence-electron chi connectivity index (χ1n) is 7.88. The minimum Gasteiger partial charge on any atom is -0.326 e. The topological polar surface area (TPSA) is 41.1 Å². The minimum atomic E-state index is 0.150. The van der Waals surface area contributed by atoms with Crippen LogP contribution < -0.4 is 10.6 Å². The maximum absolute atomic E-state index is 12.4. The lowest BCUT2D eigenvalue weighted by Crippen LogP contribution is -2.27. The lowest BCUT2D eigenvalue weighted by Gasteiger charge is -2.22. The Labute approximate surface area is 122 Å². The molecular weight excluding hydrogens is 248 g/mol. The molecule has 1 heterocycles. The third kappa shape index (κ3) is 3.60. The summed E-state index contributed by atoms with van der Waals surface area (Å²) in [6.45, 7) is 6.17. The molecule has 0 atom stereocenters. The summed E-state index contributed by atoms with van der Waals surface area (Å²) in [6.07, 6.45) is 5.13. The van der Waals surface area contributed by atoms with E-state index in [9.17, 15) is 4.79 Å². The van der Waals surface area contributed by atoms with E-state index in [-0.39, 0.29) is 11.8 Å². The van der Waals surface area contributed by atoms with Crippen LogP contribution in [0, 0.1) is 5.92 Å². The van der Waals surface area contributed by atoms with Gasteiger partial charge in [-0.15, -0.1) is 0 Å². The van der Waals surface area contributed by atoms with Gasteiger partial charge in [-0.2, -0.15) is 0 Å². The molecule has 3 heteroatoms. The quantitative estimate of drug-likeness (QED) is 0.833. The van der Waals surface area contributed by atoms with E-state index in [1.165, 1.54) is 11.1 Å². The fraction of sp³-hybridized carbons (Fsp3) is 0.588. The first-order chi connectivity index (χ1) is 9.76. The lowest BCUT2D eigenvalue weighted by atomic mass is 9.96. The molecule has 1 aromatic rings. The number of anilines is 1. The van der Waals surface area contributed by atoms with Gasteiger partial charge in [0.15, 0.2) is 0 Å². The number of carbonyl (C=O) groups is 1. The SMILES string of the molecule is CCCC(CCC)C(=O)Nc1cccc2c1CNCC2. The zero-order valence-corrected chi connectivity index (χ0v) is 12.7. The number of benzene rings is 1. The monoisotopic (exact) mass is 274 g/mol. The molecule has 1 aliphatic rings. The minimum absolute atomic E-state index is 0.150. The van der Waals surface area contributed by atoms with E-state index in [4.69, 9.17) is 0 Å². The van der Waals surface area contributed by atoms with Gasteiger partial charge in [-0.1, -0.05) is 38.8 Å². The summed E-state index contributed by atoms with van der Waals surface area (Å²) >= 11 is 0. The van der Waals surface area contributed by atoms with Crippen LogP contribution in [0.5, 0.6) is 0 Å². The Balaban J connectivity index is 2.10. The molecule has 0 spiro atoms. The standard InChI is InChI=1S/C17H26N2O/c1-3-6-14(7-4-2)17(20)19-16-9-5-8-13-10-11-18-12-15(13)16/h5,8-9,14,18H,3-4,6-7,10-12H2,1-2H3,(H,19,20). The van der Waals surface area contributed by atoms with Crippen LogP contribution in [0.15, 0.2) is 18.2 Å². The second kappa shape index (κ2) is 7.44. The third-order valence-corrected chi connectivity index (χ3v) is 4.05. The summed E-state index contributed by atoms with van der Waals surface area (Å²) in [7, 11) is 0. The van der Waals surface area contributed by atoms with Gasteiger partial charge in [0.1, 0.15) is 0 Å². The fourth-order valence-corrected chi connectivity index (χ4v) is 2.97. The summed E-state index contributed by atoms with van der Waals surface area (Å²) in [5, 5.41) is 6.54.